The van der Waals surface area contributed by atoms with Gasteiger partial charge in [-0.1, -0.05) is 0 Å². The van der Waals surface area contributed by atoms with Gasteiger partial charge in [0.15, 0.2) is 0 Å². The molecule has 0 saturated carbocycles. The summed E-state index contributed by atoms with van der Waals surface area (Å²) in [7, 11) is -2.25. The van der Waals surface area contributed by atoms with E-state index in [-0.39, 0.29) is 28.3 Å². The number of nitrogens with two attached hydrogens (primary N) is 2. The molecular weight excluding hydrogens is 294 g/mol. The van der Waals surface area contributed by atoms with Gasteiger partial charge in [-0.2, -0.15) is 4.31 Å². The molecule has 1 aliphatic heterocycles. The van der Waals surface area contributed by atoms with Gasteiger partial charge in [-0.05, 0) is 31.5 Å². The Kier molecular flexibility index (Phi) is 4.22. The van der Waals surface area contributed by atoms with Crippen molar-refractivity contribution < 1.29 is 17.9 Å². The Labute approximate surface area is 123 Å². The number of amides is 1. The van der Waals surface area contributed by atoms with Crippen LogP contribution in [0.25, 0.3) is 0 Å². The Morgan fingerprint density at radius 1 is 1.43 bits per heavy atom. The molecule has 1 amide bonds. The van der Waals surface area contributed by atoms with Gasteiger partial charge in [0.05, 0.1) is 17.8 Å². The summed E-state index contributed by atoms with van der Waals surface area (Å²) in [6.45, 7) is 2.37. The molecule has 7 nitrogen and oxygen atoms in total. The summed E-state index contributed by atoms with van der Waals surface area (Å²) in [5.74, 6) is -0.656. The highest BCUT2D eigenvalue weighted by Crippen LogP contribution is 2.28. The van der Waals surface area contributed by atoms with Crippen molar-refractivity contribution in [3.63, 3.8) is 0 Å². The number of benzene rings is 1. The molecule has 1 aromatic rings. The van der Waals surface area contributed by atoms with Gasteiger partial charge < -0.3 is 16.2 Å². The fraction of sp³-hybridized carbons (Fsp3) is 0.462. The molecule has 21 heavy (non-hydrogen) atoms. The summed E-state index contributed by atoms with van der Waals surface area (Å²) in [4.78, 5) is 11.1. The summed E-state index contributed by atoms with van der Waals surface area (Å²) in [5.41, 5.74) is 11.1. The average Bonchev–Trinajstić information content (AvgIpc) is 2.83. The van der Waals surface area contributed by atoms with E-state index in [9.17, 15) is 13.2 Å². The number of likely N-dealkylation sites (N-methyl/N-ethyl adjacent to an activating group) is 1. The molecule has 1 aromatic carbocycles. The largest absolute Gasteiger partial charge is 0.398 e. The van der Waals surface area contributed by atoms with Crippen LogP contribution in [0.2, 0.25) is 0 Å². The molecule has 0 radical (unpaired) electrons. The van der Waals surface area contributed by atoms with Crippen molar-refractivity contribution in [1.82, 2.24) is 4.31 Å². The van der Waals surface area contributed by atoms with Crippen LogP contribution in [-0.4, -0.2) is 44.4 Å². The van der Waals surface area contributed by atoms with Crippen LogP contribution in [-0.2, 0) is 14.8 Å². The average molecular weight is 313 g/mol. The minimum Gasteiger partial charge on any atom is -0.398 e. The van der Waals surface area contributed by atoms with Crippen LogP contribution in [0.4, 0.5) is 5.69 Å². The van der Waals surface area contributed by atoms with Gasteiger partial charge >= 0.3 is 0 Å². The normalized spacial score (nSPS) is 22.6. The van der Waals surface area contributed by atoms with Crippen LogP contribution >= 0.6 is 0 Å². The van der Waals surface area contributed by atoms with Crippen LogP contribution in [0.1, 0.15) is 23.7 Å². The highest BCUT2D eigenvalue weighted by Gasteiger charge is 2.36. The van der Waals surface area contributed by atoms with Crippen LogP contribution < -0.4 is 11.5 Å². The number of primary amides is 1. The van der Waals surface area contributed by atoms with Crippen molar-refractivity contribution in [1.29, 1.82) is 0 Å². The molecule has 1 saturated heterocycles. The van der Waals surface area contributed by atoms with E-state index in [4.69, 9.17) is 16.2 Å². The molecular formula is C13H19N3O4S. The Bertz CT molecular complexity index is 659. The predicted molar refractivity (Wildman–Crippen MR) is 78.1 cm³/mol. The van der Waals surface area contributed by atoms with Crippen LogP contribution in [0, 0.1) is 0 Å². The maximum absolute atomic E-state index is 12.6. The molecule has 1 aliphatic rings. The van der Waals surface area contributed by atoms with Crippen molar-refractivity contribution >= 4 is 21.6 Å². The SMILES string of the molecule is CC1OCCC1N(C)S(=O)(=O)c1ccc(C(N)=O)cc1N. The first-order valence-electron chi connectivity index (χ1n) is 6.54. The van der Waals surface area contributed by atoms with E-state index in [1.54, 1.807) is 0 Å². The fourth-order valence-corrected chi connectivity index (χ4v) is 4.01. The summed E-state index contributed by atoms with van der Waals surface area (Å²) in [6, 6.07) is 3.71. The van der Waals surface area contributed by atoms with Crippen LogP contribution in [0.5, 0.6) is 0 Å². The van der Waals surface area contributed by atoms with E-state index in [0.29, 0.717) is 13.0 Å². The lowest BCUT2D eigenvalue weighted by molar-refractivity contribution is 0.1000. The zero-order chi connectivity index (χ0) is 15.8. The number of nitrogen functional groups attached to an aromatic ring is 1. The van der Waals surface area contributed by atoms with E-state index in [1.807, 2.05) is 6.92 Å². The molecule has 2 unspecified atom stereocenters. The molecule has 116 valence electrons. The minimum atomic E-state index is -3.75. The Balaban J connectivity index is 2.37. The number of ether oxygens (including phenoxy) is 1. The zero-order valence-electron chi connectivity index (χ0n) is 11.9. The van der Waals surface area contributed by atoms with Gasteiger partial charge in [-0.15, -0.1) is 0 Å². The number of carbonyl (C=O) groups is 1. The summed E-state index contributed by atoms with van der Waals surface area (Å²) in [5, 5.41) is 0. The fourth-order valence-electron chi connectivity index (χ4n) is 2.47. The zero-order valence-corrected chi connectivity index (χ0v) is 12.8. The van der Waals surface area contributed by atoms with Gasteiger partial charge in [-0.25, -0.2) is 8.42 Å². The number of rotatable bonds is 4. The van der Waals surface area contributed by atoms with Gasteiger partial charge in [0.25, 0.3) is 0 Å². The van der Waals surface area contributed by atoms with Crippen molar-refractivity contribution in [2.24, 2.45) is 5.73 Å². The van der Waals surface area contributed by atoms with E-state index in [1.165, 1.54) is 29.6 Å². The lowest BCUT2D eigenvalue weighted by atomic mass is 10.2. The number of anilines is 1. The second-order valence-electron chi connectivity index (χ2n) is 5.07. The highest BCUT2D eigenvalue weighted by atomic mass is 32.2. The third kappa shape index (κ3) is 2.87. The summed E-state index contributed by atoms with van der Waals surface area (Å²) in [6.07, 6.45) is 0.465. The number of hydrogen-bond donors (Lipinski definition) is 2. The first-order chi connectivity index (χ1) is 9.75. The number of carbonyl (C=O) groups excluding carboxylic acids is 1. The molecule has 0 bridgehead atoms. The van der Waals surface area contributed by atoms with Gasteiger partial charge in [0, 0.05) is 19.2 Å². The van der Waals surface area contributed by atoms with E-state index in [0.717, 1.165) is 0 Å². The monoisotopic (exact) mass is 313 g/mol. The maximum Gasteiger partial charge on any atom is 0.248 e. The Hall–Kier alpha value is -1.64. The topological polar surface area (TPSA) is 116 Å². The number of hydrogen-bond acceptors (Lipinski definition) is 5. The predicted octanol–water partition coefficient (Wildman–Crippen LogP) is 0.166. The van der Waals surface area contributed by atoms with Crippen LogP contribution in [0.3, 0.4) is 0 Å². The minimum absolute atomic E-state index is 0.00437. The van der Waals surface area contributed by atoms with Crippen molar-refractivity contribution in [2.45, 2.75) is 30.4 Å². The molecule has 8 heteroatoms. The van der Waals surface area contributed by atoms with Gasteiger partial charge in [0.2, 0.25) is 15.9 Å². The highest BCUT2D eigenvalue weighted by molar-refractivity contribution is 7.89. The first kappa shape index (κ1) is 15.7. The molecule has 1 heterocycles. The van der Waals surface area contributed by atoms with Crippen molar-refractivity contribution in [2.75, 3.05) is 19.4 Å². The molecule has 0 aliphatic carbocycles. The Morgan fingerprint density at radius 2 is 2.10 bits per heavy atom. The summed E-state index contributed by atoms with van der Waals surface area (Å²) < 4.78 is 32.0. The molecule has 2 rings (SSSR count). The van der Waals surface area contributed by atoms with Gasteiger partial charge in [-0.3, -0.25) is 4.79 Å². The molecule has 1 fully saturated rings. The van der Waals surface area contributed by atoms with E-state index in [2.05, 4.69) is 0 Å². The number of nitrogens with zero attached hydrogens (tertiary/aromatic N) is 1. The summed E-state index contributed by atoms with van der Waals surface area (Å²) >= 11 is 0. The standard InChI is InChI=1S/C13H19N3O4S/c1-8-11(5-6-20-8)16(2)21(18,19)12-4-3-9(13(15)17)7-10(12)14/h3-4,7-8,11H,5-6,14H2,1-2H3,(H2,15,17). The Morgan fingerprint density at radius 3 is 2.57 bits per heavy atom. The quantitative estimate of drug-likeness (QED) is 0.768. The van der Waals surface area contributed by atoms with Crippen LogP contribution in [0.15, 0.2) is 23.1 Å². The van der Waals surface area contributed by atoms with E-state index < -0.39 is 15.9 Å². The van der Waals surface area contributed by atoms with Crippen molar-refractivity contribution in [3.8, 4) is 0 Å². The number of sulfonamides is 1. The van der Waals surface area contributed by atoms with E-state index >= 15 is 0 Å². The molecule has 2 atom stereocenters. The second kappa shape index (κ2) is 5.63. The molecule has 4 N–H and O–H groups in total. The molecule has 0 aromatic heterocycles. The third-order valence-electron chi connectivity index (χ3n) is 3.75. The second-order valence-corrected chi connectivity index (χ2v) is 7.04. The van der Waals surface area contributed by atoms with Gasteiger partial charge in [0.1, 0.15) is 4.90 Å². The lowest BCUT2D eigenvalue weighted by Crippen LogP contribution is -2.41. The molecule has 0 spiro atoms. The smallest absolute Gasteiger partial charge is 0.248 e. The third-order valence-corrected chi connectivity index (χ3v) is 5.71. The maximum atomic E-state index is 12.6. The van der Waals surface area contributed by atoms with Crippen molar-refractivity contribution in [3.05, 3.63) is 23.8 Å². The lowest BCUT2D eigenvalue weighted by Gasteiger charge is -2.26. The first-order valence-corrected chi connectivity index (χ1v) is 7.98.